The summed E-state index contributed by atoms with van der Waals surface area (Å²) in [5.41, 5.74) is 0.583. The average molecular weight is 245 g/mol. The Bertz CT molecular complexity index is 315. The molecule has 0 fully saturated rings. The topological polar surface area (TPSA) is 57.5 Å². The first-order valence-corrected chi connectivity index (χ1v) is 4.52. The number of phenolic OH excluding ortho intramolecular Hbond substituents is 1. The fraction of sp³-hybridized carbons (Fsp3) is 0.222. The van der Waals surface area contributed by atoms with Crippen molar-refractivity contribution in [2.75, 3.05) is 0 Å². The summed E-state index contributed by atoms with van der Waals surface area (Å²) in [7, 11) is 0. The van der Waals surface area contributed by atoms with Crippen molar-refractivity contribution in [2.45, 2.75) is 12.8 Å². The number of aliphatic carboxylic acids is 1. The van der Waals surface area contributed by atoms with Gasteiger partial charge in [-0.1, -0.05) is 15.9 Å². The van der Waals surface area contributed by atoms with Crippen LogP contribution in [0.3, 0.4) is 0 Å². The first-order valence-electron chi connectivity index (χ1n) is 3.73. The lowest BCUT2D eigenvalue weighted by Crippen LogP contribution is -2.07. The van der Waals surface area contributed by atoms with Gasteiger partial charge in [0.15, 0.2) is 0 Å². The summed E-state index contributed by atoms with van der Waals surface area (Å²) >= 11 is 3.18. The lowest BCUT2D eigenvalue weighted by molar-refractivity contribution is -0.138. The maximum Gasteiger partial charge on any atom is 0.310 e. The zero-order chi connectivity index (χ0) is 10.0. The van der Waals surface area contributed by atoms with Crippen LogP contribution in [0, 0.1) is 0 Å². The largest absolute Gasteiger partial charge is 0.508 e. The van der Waals surface area contributed by atoms with Crippen molar-refractivity contribution in [1.29, 1.82) is 0 Å². The van der Waals surface area contributed by atoms with Crippen molar-refractivity contribution in [2.24, 2.45) is 0 Å². The van der Waals surface area contributed by atoms with E-state index in [2.05, 4.69) is 15.9 Å². The second-order valence-electron chi connectivity index (χ2n) is 2.80. The number of carboxylic acid groups (broad SMARTS) is 1. The Morgan fingerprint density at radius 1 is 1.46 bits per heavy atom. The minimum atomic E-state index is -0.905. The Labute approximate surface area is 84.1 Å². The van der Waals surface area contributed by atoms with Crippen molar-refractivity contribution in [1.82, 2.24) is 0 Å². The molecule has 0 aliphatic carbocycles. The number of halogens is 1. The number of hydrogen-bond acceptors (Lipinski definition) is 2. The predicted octanol–water partition coefficient (Wildman–Crippen LogP) is 2.34. The Morgan fingerprint density at radius 2 is 2.08 bits per heavy atom. The minimum absolute atomic E-state index is 0.0671. The Morgan fingerprint density at radius 3 is 2.54 bits per heavy atom. The van der Waals surface area contributed by atoms with Gasteiger partial charge in [0, 0.05) is 4.47 Å². The smallest absolute Gasteiger partial charge is 0.310 e. The lowest BCUT2D eigenvalue weighted by atomic mass is 10.0. The van der Waals surface area contributed by atoms with Crippen LogP contribution in [0.15, 0.2) is 22.7 Å². The molecule has 0 spiro atoms. The van der Waals surface area contributed by atoms with Crippen LogP contribution in [0.5, 0.6) is 5.75 Å². The fourth-order valence-electron chi connectivity index (χ4n) is 0.989. The van der Waals surface area contributed by atoms with Gasteiger partial charge in [-0.2, -0.15) is 0 Å². The molecule has 0 saturated carbocycles. The third-order valence-electron chi connectivity index (χ3n) is 1.78. The molecule has 0 radical (unpaired) electrons. The normalized spacial score (nSPS) is 12.5. The molecule has 3 nitrogen and oxygen atoms in total. The van der Waals surface area contributed by atoms with Gasteiger partial charge in [0.05, 0.1) is 5.92 Å². The van der Waals surface area contributed by atoms with Gasteiger partial charge in [-0.15, -0.1) is 0 Å². The molecule has 1 aromatic carbocycles. The Balaban J connectivity index is 3.07. The highest BCUT2D eigenvalue weighted by Crippen LogP contribution is 2.25. The van der Waals surface area contributed by atoms with E-state index in [1.165, 1.54) is 12.1 Å². The van der Waals surface area contributed by atoms with Gasteiger partial charge >= 0.3 is 5.97 Å². The molecule has 0 bridgehead atoms. The number of carboxylic acids is 1. The molecule has 13 heavy (non-hydrogen) atoms. The standard InChI is InChI=1S/C9H9BrO3/c1-5(9(12)13)6-2-7(10)4-8(11)3-6/h2-5,11H,1H3,(H,12,13). The van der Waals surface area contributed by atoms with Crippen molar-refractivity contribution < 1.29 is 15.0 Å². The van der Waals surface area contributed by atoms with Crippen molar-refractivity contribution in [3.8, 4) is 5.75 Å². The summed E-state index contributed by atoms with van der Waals surface area (Å²) in [6.45, 7) is 1.57. The van der Waals surface area contributed by atoms with E-state index in [1.807, 2.05) is 0 Å². The van der Waals surface area contributed by atoms with Crippen LogP contribution < -0.4 is 0 Å². The maximum absolute atomic E-state index is 10.6. The average Bonchev–Trinajstić information content (AvgIpc) is 2.01. The second kappa shape index (κ2) is 3.79. The van der Waals surface area contributed by atoms with Crippen LogP contribution in [-0.2, 0) is 4.79 Å². The van der Waals surface area contributed by atoms with Crippen LogP contribution >= 0.6 is 15.9 Å². The Kier molecular flexibility index (Phi) is 2.93. The zero-order valence-electron chi connectivity index (χ0n) is 6.99. The van der Waals surface area contributed by atoms with E-state index < -0.39 is 11.9 Å². The van der Waals surface area contributed by atoms with E-state index in [0.29, 0.717) is 10.0 Å². The van der Waals surface area contributed by atoms with Crippen LogP contribution in [0.1, 0.15) is 18.4 Å². The van der Waals surface area contributed by atoms with Gasteiger partial charge in [-0.3, -0.25) is 4.79 Å². The van der Waals surface area contributed by atoms with Gasteiger partial charge in [-0.05, 0) is 30.7 Å². The van der Waals surface area contributed by atoms with Crippen molar-refractivity contribution in [3.05, 3.63) is 28.2 Å². The molecule has 1 unspecified atom stereocenters. The lowest BCUT2D eigenvalue weighted by Gasteiger charge is -2.07. The third kappa shape index (κ3) is 2.45. The van der Waals surface area contributed by atoms with Gasteiger partial charge in [0.25, 0.3) is 0 Å². The van der Waals surface area contributed by atoms with Gasteiger partial charge < -0.3 is 10.2 Å². The highest BCUT2D eigenvalue weighted by molar-refractivity contribution is 9.10. The number of carbonyl (C=O) groups is 1. The summed E-state index contributed by atoms with van der Waals surface area (Å²) in [6, 6.07) is 4.64. The molecule has 0 aliphatic rings. The molecular weight excluding hydrogens is 236 g/mol. The summed E-state index contributed by atoms with van der Waals surface area (Å²) in [5.74, 6) is -1.45. The zero-order valence-corrected chi connectivity index (χ0v) is 8.58. The van der Waals surface area contributed by atoms with Crippen molar-refractivity contribution in [3.63, 3.8) is 0 Å². The summed E-state index contributed by atoms with van der Waals surface area (Å²) in [5, 5.41) is 17.9. The molecule has 1 aromatic rings. The molecule has 1 rings (SSSR count). The van der Waals surface area contributed by atoms with E-state index in [4.69, 9.17) is 5.11 Å². The molecule has 0 aromatic heterocycles. The monoisotopic (exact) mass is 244 g/mol. The summed E-state index contributed by atoms with van der Waals surface area (Å²) in [4.78, 5) is 10.6. The van der Waals surface area contributed by atoms with E-state index in [9.17, 15) is 9.90 Å². The number of hydrogen-bond donors (Lipinski definition) is 2. The number of rotatable bonds is 2. The van der Waals surface area contributed by atoms with Gasteiger partial charge in [0.1, 0.15) is 5.75 Å². The molecule has 4 heteroatoms. The number of phenols is 1. The quantitative estimate of drug-likeness (QED) is 0.840. The van der Waals surface area contributed by atoms with Crippen LogP contribution in [0.4, 0.5) is 0 Å². The number of aromatic hydroxyl groups is 1. The summed E-state index contributed by atoms with van der Waals surface area (Å²) < 4.78 is 0.676. The van der Waals surface area contributed by atoms with Crippen molar-refractivity contribution >= 4 is 21.9 Å². The Hall–Kier alpha value is -1.03. The second-order valence-corrected chi connectivity index (χ2v) is 3.72. The first-order chi connectivity index (χ1) is 6.00. The SMILES string of the molecule is CC(C(=O)O)c1cc(O)cc(Br)c1. The van der Waals surface area contributed by atoms with Gasteiger partial charge in [0.2, 0.25) is 0 Å². The van der Waals surface area contributed by atoms with E-state index in [1.54, 1.807) is 13.0 Å². The molecule has 0 saturated heterocycles. The molecule has 1 atom stereocenters. The fourth-order valence-corrected chi connectivity index (χ4v) is 1.49. The highest BCUT2D eigenvalue weighted by atomic mass is 79.9. The maximum atomic E-state index is 10.6. The molecular formula is C9H9BrO3. The summed E-state index contributed by atoms with van der Waals surface area (Å²) in [6.07, 6.45) is 0. The molecule has 2 N–H and O–H groups in total. The third-order valence-corrected chi connectivity index (χ3v) is 2.23. The van der Waals surface area contributed by atoms with E-state index in [-0.39, 0.29) is 5.75 Å². The van der Waals surface area contributed by atoms with E-state index in [0.717, 1.165) is 0 Å². The van der Waals surface area contributed by atoms with Crippen LogP contribution in [0.2, 0.25) is 0 Å². The number of benzene rings is 1. The molecule has 0 aliphatic heterocycles. The molecule has 0 heterocycles. The van der Waals surface area contributed by atoms with Crippen LogP contribution in [-0.4, -0.2) is 16.2 Å². The minimum Gasteiger partial charge on any atom is -0.508 e. The van der Waals surface area contributed by atoms with E-state index >= 15 is 0 Å². The molecule has 0 amide bonds. The highest BCUT2D eigenvalue weighted by Gasteiger charge is 2.14. The first kappa shape index (κ1) is 10.1. The van der Waals surface area contributed by atoms with Gasteiger partial charge in [-0.25, -0.2) is 0 Å². The predicted molar refractivity (Wildman–Crippen MR) is 51.9 cm³/mol. The van der Waals surface area contributed by atoms with Crippen LogP contribution in [0.25, 0.3) is 0 Å². The molecule has 70 valence electrons.